The van der Waals surface area contributed by atoms with Gasteiger partial charge in [-0.15, -0.1) is 0 Å². The third-order valence-electron chi connectivity index (χ3n) is 5.70. The second kappa shape index (κ2) is 12.0. The molecule has 2 N–H and O–H groups in total. The highest BCUT2D eigenvalue weighted by Gasteiger charge is 2.28. The Kier molecular flexibility index (Phi) is 9.18. The lowest BCUT2D eigenvalue weighted by atomic mass is 10.1. The number of amides is 2. The highest BCUT2D eigenvalue weighted by molar-refractivity contribution is 7.92. The number of carbonyl (C=O) groups is 2. The van der Waals surface area contributed by atoms with Crippen LogP contribution in [-0.2, 0) is 37.8 Å². The zero-order chi connectivity index (χ0) is 28.1. The van der Waals surface area contributed by atoms with Crippen molar-refractivity contribution in [2.75, 3.05) is 17.1 Å². The summed E-state index contributed by atoms with van der Waals surface area (Å²) in [5.74, 6) is -1.33. The number of carbonyl (C=O) groups excluding carboxylic acids is 2. The van der Waals surface area contributed by atoms with Crippen molar-refractivity contribution in [2.45, 2.75) is 31.7 Å². The smallest absolute Gasteiger partial charge is 0.264 e. The van der Waals surface area contributed by atoms with Crippen molar-refractivity contribution in [1.29, 1.82) is 0 Å². The number of hydrogen-bond acceptors (Lipinski definition) is 6. The van der Waals surface area contributed by atoms with Crippen LogP contribution in [0.3, 0.4) is 0 Å². The normalized spacial score (nSPS) is 11.6. The van der Waals surface area contributed by atoms with Crippen LogP contribution in [-0.4, -0.2) is 41.5 Å². The zero-order valence-electron chi connectivity index (χ0n) is 21.1. The van der Waals surface area contributed by atoms with E-state index < -0.39 is 38.4 Å². The molecule has 0 saturated heterocycles. The van der Waals surface area contributed by atoms with Gasteiger partial charge < -0.3 is 5.32 Å². The predicted octanol–water partition coefficient (Wildman–Crippen LogP) is 3.41. The molecule has 202 valence electrons. The van der Waals surface area contributed by atoms with Gasteiger partial charge in [-0.25, -0.2) is 21.6 Å². The molecule has 38 heavy (non-hydrogen) atoms. The first kappa shape index (κ1) is 29.2. The average Bonchev–Trinajstić information content (AvgIpc) is 2.87. The maximum Gasteiger partial charge on any atom is 0.264 e. The molecule has 3 aromatic carbocycles. The Balaban J connectivity index is 1.80. The van der Waals surface area contributed by atoms with Crippen LogP contribution in [0, 0.1) is 6.92 Å². The number of anilines is 1. The zero-order valence-corrected chi connectivity index (χ0v) is 23.5. The van der Waals surface area contributed by atoms with Crippen LogP contribution < -0.4 is 14.3 Å². The molecule has 0 fully saturated rings. The predicted molar refractivity (Wildman–Crippen MR) is 147 cm³/mol. The van der Waals surface area contributed by atoms with Crippen molar-refractivity contribution in [3.05, 3.63) is 94.0 Å². The van der Waals surface area contributed by atoms with Gasteiger partial charge in [0.25, 0.3) is 15.9 Å². The molecule has 3 rings (SSSR count). The van der Waals surface area contributed by atoms with Crippen LogP contribution in [0.5, 0.6) is 0 Å². The van der Waals surface area contributed by atoms with Gasteiger partial charge in [0.15, 0.2) is 0 Å². The first-order chi connectivity index (χ1) is 17.8. The maximum atomic E-state index is 13.6. The van der Waals surface area contributed by atoms with Crippen LogP contribution in [0.2, 0.25) is 5.02 Å². The van der Waals surface area contributed by atoms with Gasteiger partial charge in [-0.2, -0.15) is 0 Å². The summed E-state index contributed by atoms with van der Waals surface area (Å²) in [7, 11) is -7.80. The first-order valence-corrected chi connectivity index (χ1v) is 15.3. The molecule has 12 heteroatoms. The van der Waals surface area contributed by atoms with E-state index in [1.807, 2.05) is 11.6 Å². The van der Waals surface area contributed by atoms with Gasteiger partial charge in [0.2, 0.25) is 15.9 Å². The third kappa shape index (κ3) is 7.33. The number of benzene rings is 3. The van der Waals surface area contributed by atoms with Crippen LogP contribution in [0.15, 0.2) is 71.6 Å². The lowest BCUT2D eigenvalue weighted by Gasteiger charge is -2.26. The highest BCUT2D eigenvalue weighted by atomic mass is 35.5. The Bertz CT molecular complexity index is 1540. The minimum absolute atomic E-state index is 0.0461. The van der Waals surface area contributed by atoms with Crippen molar-refractivity contribution >= 4 is 49.1 Å². The highest BCUT2D eigenvalue weighted by Crippen LogP contribution is 2.31. The van der Waals surface area contributed by atoms with E-state index in [0.717, 1.165) is 22.5 Å². The number of nitrogens with one attached hydrogen (secondary N) is 2. The summed E-state index contributed by atoms with van der Waals surface area (Å²) in [4.78, 5) is 24.9. The van der Waals surface area contributed by atoms with E-state index in [1.165, 1.54) is 24.3 Å². The lowest BCUT2D eigenvalue weighted by Crippen LogP contribution is -2.41. The molecule has 9 nitrogen and oxygen atoms in total. The van der Waals surface area contributed by atoms with Crippen molar-refractivity contribution in [3.63, 3.8) is 0 Å². The maximum absolute atomic E-state index is 13.6. The van der Waals surface area contributed by atoms with E-state index in [-0.39, 0.29) is 22.7 Å². The number of rotatable bonds is 10. The molecule has 0 atom stereocenters. The van der Waals surface area contributed by atoms with Crippen molar-refractivity contribution in [1.82, 2.24) is 10.0 Å². The van der Waals surface area contributed by atoms with Crippen LogP contribution >= 0.6 is 11.6 Å². The van der Waals surface area contributed by atoms with Gasteiger partial charge in [-0.05, 0) is 66.4 Å². The summed E-state index contributed by atoms with van der Waals surface area (Å²) >= 11 is 6.26. The van der Waals surface area contributed by atoms with Gasteiger partial charge in [0, 0.05) is 17.1 Å². The topological polar surface area (TPSA) is 130 Å². The van der Waals surface area contributed by atoms with Gasteiger partial charge in [0.1, 0.15) is 6.54 Å². The summed E-state index contributed by atoms with van der Waals surface area (Å²) in [5.41, 5.74) is 2.53. The third-order valence-corrected chi connectivity index (χ3v) is 8.44. The molecule has 0 bridgehead atoms. The summed E-state index contributed by atoms with van der Waals surface area (Å²) in [6, 6.07) is 17.3. The minimum atomic E-state index is -4.11. The number of nitrogens with zero attached hydrogens (tertiary/aromatic N) is 1. The molecule has 0 spiro atoms. The van der Waals surface area contributed by atoms with E-state index >= 15 is 0 Å². The second-order valence-corrected chi connectivity index (χ2v) is 12.6. The molecule has 0 aliphatic carbocycles. The molecular weight excluding hydrogens is 550 g/mol. The van der Waals surface area contributed by atoms with Gasteiger partial charge in [-0.1, -0.05) is 48.9 Å². The summed E-state index contributed by atoms with van der Waals surface area (Å²) in [5, 5.41) is 3.05. The molecule has 0 aliphatic heterocycles. The molecule has 0 aliphatic rings. The molecule has 0 saturated carbocycles. The number of aryl methyl sites for hydroxylation is 1. The van der Waals surface area contributed by atoms with Gasteiger partial charge in [-0.3, -0.25) is 13.9 Å². The number of sulfonamides is 2. The summed E-state index contributed by atoms with van der Waals surface area (Å²) in [6.07, 6.45) is 1.63. The fraction of sp³-hybridized carbons (Fsp3) is 0.231. The van der Waals surface area contributed by atoms with E-state index in [2.05, 4.69) is 5.32 Å². The largest absolute Gasteiger partial charge is 0.350 e. The molecule has 3 aromatic rings. The van der Waals surface area contributed by atoms with E-state index in [0.29, 0.717) is 16.1 Å². The van der Waals surface area contributed by atoms with E-state index in [1.54, 1.807) is 49.4 Å². The molecule has 0 aromatic heterocycles. The van der Waals surface area contributed by atoms with E-state index in [9.17, 15) is 26.4 Å². The Morgan fingerprint density at radius 2 is 1.50 bits per heavy atom. The Labute approximate surface area is 227 Å². The number of hydrogen-bond donors (Lipinski definition) is 2. The van der Waals surface area contributed by atoms with Crippen molar-refractivity contribution in [3.8, 4) is 0 Å². The summed E-state index contributed by atoms with van der Waals surface area (Å²) in [6.45, 7) is 3.21. The molecule has 2 amide bonds. The SMILES string of the molecule is CCc1ccc(S(=O)(=O)N(CC(=O)NCc2ccc(C(=O)NS(C)(=O)=O)cc2)c2cccc(Cl)c2C)cc1. The quantitative estimate of drug-likeness (QED) is 0.380. The van der Waals surface area contributed by atoms with E-state index in [4.69, 9.17) is 11.6 Å². The molecule has 0 unspecified atom stereocenters. The summed E-state index contributed by atoms with van der Waals surface area (Å²) < 4.78 is 52.7. The Morgan fingerprint density at radius 1 is 0.895 bits per heavy atom. The van der Waals surface area contributed by atoms with Gasteiger partial charge >= 0.3 is 0 Å². The van der Waals surface area contributed by atoms with Crippen LogP contribution in [0.25, 0.3) is 0 Å². The molecular formula is C26H28ClN3O6S2. The van der Waals surface area contributed by atoms with Crippen molar-refractivity contribution < 1.29 is 26.4 Å². The second-order valence-electron chi connectivity index (χ2n) is 8.57. The standard InChI is InChI=1S/C26H28ClN3O6S2/c1-4-19-10-14-22(15-11-19)38(35,36)30(24-7-5-6-23(27)18(24)2)17-25(31)28-16-20-8-12-21(13-9-20)26(32)29-37(3,33)34/h5-15H,4,16-17H2,1-3H3,(H,28,31)(H,29,32). The Hall–Kier alpha value is -3.41. The molecule has 0 heterocycles. The fourth-order valence-electron chi connectivity index (χ4n) is 3.58. The van der Waals surface area contributed by atoms with Crippen LogP contribution in [0.4, 0.5) is 5.69 Å². The van der Waals surface area contributed by atoms with Crippen LogP contribution in [0.1, 0.15) is 34.0 Å². The van der Waals surface area contributed by atoms with Gasteiger partial charge in [0.05, 0.1) is 16.8 Å². The number of halogens is 1. The molecule has 0 radical (unpaired) electrons. The lowest BCUT2D eigenvalue weighted by molar-refractivity contribution is -0.119. The Morgan fingerprint density at radius 3 is 2.08 bits per heavy atom. The minimum Gasteiger partial charge on any atom is -0.350 e. The monoisotopic (exact) mass is 577 g/mol. The fourth-order valence-corrected chi connectivity index (χ4v) is 5.68. The average molecular weight is 578 g/mol. The first-order valence-electron chi connectivity index (χ1n) is 11.6. The van der Waals surface area contributed by atoms with Crippen molar-refractivity contribution in [2.24, 2.45) is 0 Å².